The number of aromatic nitrogens is 1. The molecule has 6 heteroatoms. The van der Waals surface area contributed by atoms with E-state index in [1.54, 1.807) is 30.6 Å². The molecule has 1 amide bonds. The molecule has 1 N–H and O–H groups in total. The van der Waals surface area contributed by atoms with E-state index in [2.05, 4.69) is 18.8 Å². The van der Waals surface area contributed by atoms with Crippen LogP contribution in [0.3, 0.4) is 0 Å². The second-order valence-corrected chi connectivity index (χ2v) is 8.93. The molecular formula is C28H28N2O4. The number of carbonyl (C=O) groups excluding carboxylic acids is 2. The SMILES string of the molecule is Cc1ccc(/C(O)=C2/C(=O)C(=O)N(Cc3cccnc3)C2c2cccc(OCC(C)C)c2)cc1. The van der Waals surface area contributed by atoms with Crippen molar-refractivity contribution in [2.45, 2.75) is 33.4 Å². The van der Waals surface area contributed by atoms with Gasteiger partial charge < -0.3 is 14.7 Å². The minimum absolute atomic E-state index is 0.0683. The van der Waals surface area contributed by atoms with Gasteiger partial charge in [0.1, 0.15) is 11.5 Å². The molecule has 0 radical (unpaired) electrons. The molecule has 4 rings (SSSR count). The summed E-state index contributed by atoms with van der Waals surface area (Å²) in [6.45, 7) is 6.80. The average Bonchev–Trinajstić information content (AvgIpc) is 3.08. The van der Waals surface area contributed by atoms with Crippen molar-refractivity contribution >= 4 is 17.4 Å². The Kier molecular flexibility index (Phi) is 6.77. The van der Waals surface area contributed by atoms with Crippen molar-refractivity contribution in [1.82, 2.24) is 9.88 Å². The highest BCUT2D eigenvalue weighted by Gasteiger charge is 2.46. The van der Waals surface area contributed by atoms with Gasteiger partial charge in [-0.2, -0.15) is 0 Å². The number of aryl methyl sites for hydroxylation is 1. The van der Waals surface area contributed by atoms with Crippen LogP contribution in [-0.4, -0.2) is 33.3 Å². The van der Waals surface area contributed by atoms with Gasteiger partial charge in [0.2, 0.25) is 0 Å². The van der Waals surface area contributed by atoms with Crippen LogP contribution in [0.25, 0.3) is 5.76 Å². The molecular weight excluding hydrogens is 428 g/mol. The molecule has 174 valence electrons. The molecule has 1 aromatic heterocycles. The molecule has 0 aliphatic carbocycles. The molecule has 1 saturated heterocycles. The number of nitrogens with zero attached hydrogens (tertiary/aromatic N) is 2. The molecule has 34 heavy (non-hydrogen) atoms. The van der Waals surface area contributed by atoms with Gasteiger partial charge in [-0.1, -0.05) is 61.9 Å². The zero-order valence-electron chi connectivity index (χ0n) is 19.6. The van der Waals surface area contributed by atoms with Crippen LogP contribution in [0.1, 0.15) is 42.1 Å². The van der Waals surface area contributed by atoms with E-state index < -0.39 is 17.7 Å². The molecule has 2 heterocycles. The Hall–Kier alpha value is -3.93. The Morgan fingerprint density at radius 1 is 1.09 bits per heavy atom. The van der Waals surface area contributed by atoms with Crippen molar-refractivity contribution in [1.29, 1.82) is 0 Å². The van der Waals surface area contributed by atoms with Gasteiger partial charge in [0.25, 0.3) is 11.7 Å². The zero-order chi connectivity index (χ0) is 24.2. The Morgan fingerprint density at radius 2 is 1.85 bits per heavy atom. The summed E-state index contributed by atoms with van der Waals surface area (Å²) in [6.07, 6.45) is 3.32. The fourth-order valence-corrected chi connectivity index (χ4v) is 3.98. The molecule has 0 saturated carbocycles. The van der Waals surface area contributed by atoms with Crippen LogP contribution < -0.4 is 4.74 Å². The fraction of sp³-hybridized carbons (Fsp3) is 0.250. The monoisotopic (exact) mass is 456 g/mol. The van der Waals surface area contributed by atoms with Crippen molar-refractivity contribution in [3.63, 3.8) is 0 Å². The van der Waals surface area contributed by atoms with Crippen LogP contribution in [0.15, 0.2) is 78.6 Å². The lowest BCUT2D eigenvalue weighted by Gasteiger charge is -2.25. The minimum Gasteiger partial charge on any atom is -0.507 e. The predicted molar refractivity (Wildman–Crippen MR) is 130 cm³/mol. The number of benzene rings is 2. The first kappa shape index (κ1) is 23.2. The highest BCUT2D eigenvalue weighted by Crippen LogP contribution is 2.41. The Labute approximate surface area is 199 Å². The van der Waals surface area contributed by atoms with Crippen LogP contribution >= 0.6 is 0 Å². The number of amides is 1. The normalized spacial score (nSPS) is 17.4. The summed E-state index contributed by atoms with van der Waals surface area (Å²) in [4.78, 5) is 32.0. The average molecular weight is 457 g/mol. The van der Waals surface area contributed by atoms with Crippen molar-refractivity contribution in [3.05, 3.63) is 101 Å². The lowest BCUT2D eigenvalue weighted by Crippen LogP contribution is -2.29. The molecule has 0 bridgehead atoms. The summed E-state index contributed by atoms with van der Waals surface area (Å²) < 4.78 is 5.89. The second kappa shape index (κ2) is 9.91. The molecule has 1 aliphatic heterocycles. The summed E-state index contributed by atoms with van der Waals surface area (Å²) in [6, 6.07) is 17.4. The second-order valence-electron chi connectivity index (χ2n) is 8.93. The summed E-state index contributed by atoms with van der Waals surface area (Å²) in [5.41, 5.74) is 3.07. The third kappa shape index (κ3) is 4.86. The van der Waals surface area contributed by atoms with Gasteiger partial charge >= 0.3 is 0 Å². The Morgan fingerprint density at radius 3 is 2.53 bits per heavy atom. The number of likely N-dealkylation sites (tertiary alicyclic amines) is 1. The quantitative estimate of drug-likeness (QED) is 0.306. The van der Waals surface area contributed by atoms with E-state index >= 15 is 0 Å². The van der Waals surface area contributed by atoms with Gasteiger partial charge in [-0.3, -0.25) is 14.6 Å². The third-order valence-electron chi connectivity index (χ3n) is 5.70. The lowest BCUT2D eigenvalue weighted by atomic mass is 9.94. The van der Waals surface area contributed by atoms with E-state index in [4.69, 9.17) is 4.74 Å². The van der Waals surface area contributed by atoms with Gasteiger partial charge in [-0.25, -0.2) is 0 Å². The maximum Gasteiger partial charge on any atom is 0.295 e. The first-order valence-corrected chi connectivity index (χ1v) is 11.3. The largest absolute Gasteiger partial charge is 0.507 e. The first-order chi connectivity index (χ1) is 16.3. The van der Waals surface area contributed by atoms with Gasteiger partial charge in [-0.05, 0) is 42.2 Å². The number of hydrogen-bond donors (Lipinski definition) is 1. The van der Waals surface area contributed by atoms with E-state index in [0.717, 1.165) is 11.1 Å². The number of ketones is 1. The number of rotatable bonds is 7. The summed E-state index contributed by atoms with van der Waals surface area (Å²) in [7, 11) is 0. The molecule has 3 aromatic rings. The van der Waals surface area contributed by atoms with Crippen molar-refractivity contribution in [3.8, 4) is 5.75 Å². The van der Waals surface area contributed by atoms with Crippen molar-refractivity contribution in [2.75, 3.05) is 6.61 Å². The number of pyridine rings is 1. The zero-order valence-corrected chi connectivity index (χ0v) is 19.6. The first-order valence-electron chi connectivity index (χ1n) is 11.3. The molecule has 1 unspecified atom stereocenters. The maximum atomic E-state index is 13.2. The van der Waals surface area contributed by atoms with Crippen LogP contribution in [0.5, 0.6) is 5.75 Å². The van der Waals surface area contributed by atoms with E-state index in [1.165, 1.54) is 4.90 Å². The molecule has 1 aliphatic rings. The van der Waals surface area contributed by atoms with Crippen LogP contribution in [0.4, 0.5) is 0 Å². The molecule has 6 nitrogen and oxygen atoms in total. The van der Waals surface area contributed by atoms with Crippen LogP contribution in [0.2, 0.25) is 0 Å². The summed E-state index contributed by atoms with van der Waals surface area (Å²) in [5, 5.41) is 11.2. The number of hydrogen-bond acceptors (Lipinski definition) is 5. The number of carbonyl (C=O) groups is 2. The standard InChI is InChI=1S/C28H28N2O4/c1-18(2)17-34-23-8-4-7-22(14-23)25-24(26(31)21-11-9-19(3)10-12-21)27(32)28(33)30(25)16-20-6-5-13-29-15-20/h4-15,18,25,31H,16-17H2,1-3H3/b26-24-. The fourth-order valence-electron chi connectivity index (χ4n) is 3.98. The van der Waals surface area contributed by atoms with Gasteiger partial charge in [0.15, 0.2) is 0 Å². The number of aliphatic hydroxyl groups excluding tert-OH is 1. The summed E-state index contributed by atoms with van der Waals surface area (Å²) in [5.74, 6) is -0.558. The van der Waals surface area contributed by atoms with Gasteiger partial charge in [0, 0.05) is 24.5 Å². The van der Waals surface area contributed by atoms with Gasteiger partial charge in [-0.15, -0.1) is 0 Å². The Balaban J connectivity index is 1.82. The van der Waals surface area contributed by atoms with E-state index in [-0.39, 0.29) is 17.9 Å². The minimum atomic E-state index is -0.760. The number of aliphatic hydroxyl groups is 1. The highest BCUT2D eigenvalue weighted by atomic mass is 16.5. The molecule has 1 atom stereocenters. The predicted octanol–water partition coefficient (Wildman–Crippen LogP) is 5.05. The Bertz CT molecular complexity index is 1220. The maximum absolute atomic E-state index is 13.2. The van der Waals surface area contributed by atoms with Crippen molar-refractivity contribution < 1.29 is 19.4 Å². The lowest BCUT2D eigenvalue weighted by molar-refractivity contribution is -0.140. The van der Waals surface area contributed by atoms with Crippen LogP contribution in [-0.2, 0) is 16.1 Å². The molecule has 1 fully saturated rings. The highest BCUT2D eigenvalue weighted by molar-refractivity contribution is 6.46. The third-order valence-corrected chi connectivity index (χ3v) is 5.70. The summed E-state index contributed by atoms with van der Waals surface area (Å²) >= 11 is 0. The van der Waals surface area contributed by atoms with E-state index in [0.29, 0.717) is 29.4 Å². The smallest absolute Gasteiger partial charge is 0.295 e. The number of ether oxygens (including phenoxy) is 1. The molecule has 2 aromatic carbocycles. The van der Waals surface area contributed by atoms with Crippen LogP contribution in [0, 0.1) is 12.8 Å². The van der Waals surface area contributed by atoms with Gasteiger partial charge in [0.05, 0.1) is 18.2 Å². The topological polar surface area (TPSA) is 79.7 Å². The van der Waals surface area contributed by atoms with E-state index in [1.807, 2.05) is 49.4 Å². The van der Waals surface area contributed by atoms with E-state index in [9.17, 15) is 14.7 Å². The van der Waals surface area contributed by atoms with Crippen molar-refractivity contribution in [2.24, 2.45) is 5.92 Å². The number of Topliss-reactive ketones (excluding diaryl/α,β-unsaturated/α-hetero) is 1. The molecule has 0 spiro atoms.